The monoisotopic (exact) mass is 400 g/mol. The zero-order valence-corrected chi connectivity index (χ0v) is 17.8. The van der Waals surface area contributed by atoms with Crippen LogP contribution in [-0.2, 0) is 22.6 Å². The van der Waals surface area contributed by atoms with Crippen LogP contribution in [0.4, 0.5) is 0 Å². The number of benzene rings is 2. The van der Waals surface area contributed by atoms with Gasteiger partial charge < -0.3 is 10.2 Å². The van der Waals surface area contributed by atoms with Crippen LogP contribution in [0.15, 0.2) is 42.5 Å². The van der Waals surface area contributed by atoms with E-state index >= 15 is 0 Å². The van der Waals surface area contributed by atoms with Gasteiger partial charge in [-0.2, -0.15) is 0 Å². The highest BCUT2D eigenvalue weighted by molar-refractivity contribution is 6.30. The van der Waals surface area contributed by atoms with E-state index in [2.05, 4.69) is 5.32 Å². The Balaban J connectivity index is 2.21. The first-order valence-corrected chi connectivity index (χ1v) is 10.1. The number of carbonyl (C=O) groups excluding carboxylic acids is 2. The van der Waals surface area contributed by atoms with Gasteiger partial charge >= 0.3 is 0 Å². The Labute approximate surface area is 172 Å². The van der Waals surface area contributed by atoms with Gasteiger partial charge in [-0.15, -0.1) is 0 Å². The van der Waals surface area contributed by atoms with Crippen molar-refractivity contribution in [3.63, 3.8) is 0 Å². The summed E-state index contributed by atoms with van der Waals surface area (Å²) in [7, 11) is 0. The molecule has 0 aliphatic carbocycles. The van der Waals surface area contributed by atoms with Crippen LogP contribution in [0.1, 0.15) is 42.5 Å². The van der Waals surface area contributed by atoms with E-state index in [4.69, 9.17) is 11.6 Å². The Kier molecular flexibility index (Phi) is 8.06. The molecule has 0 aliphatic heterocycles. The van der Waals surface area contributed by atoms with Gasteiger partial charge in [-0.1, -0.05) is 48.9 Å². The van der Waals surface area contributed by atoms with Crippen molar-refractivity contribution in [2.24, 2.45) is 0 Å². The molecule has 4 nitrogen and oxygen atoms in total. The van der Waals surface area contributed by atoms with Gasteiger partial charge in [0.2, 0.25) is 11.8 Å². The first-order chi connectivity index (χ1) is 13.3. The minimum Gasteiger partial charge on any atom is -0.354 e. The maximum Gasteiger partial charge on any atom is 0.242 e. The second-order valence-electron chi connectivity index (χ2n) is 7.21. The molecule has 0 unspecified atom stereocenters. The Morgan fingerprint density at radius 2 is 1.68 bits per heavy atom. The number of carbonyl (C=O) groups is 2. The molecule has 0 aromatic heterocycles. The molecule has 2 rings (SSSR count). The Hall–Kier alpha value is -2.33. The molecule has 2 amide bonds. The fourth-order valence-electron chi connectivity index (χ4n) is 2.95. The minimum absolute atomic E-state index is 0.0719. The van der Waals surface area contributed by atoms with Gasteiger partial charge in [-0.3, -0.25) is 9.59 Å². The molecular formula is C23H29ClN2O2. The van der Waals surface area contributed by atoms with Gasteiger partial charge in [0.1, 0.15) is 6.04 Å². The topological polar surface area (TPSA) is 49.4 Å². The zero-order valence-electron chi connectivity index (χ0n) is 17.1. The van der Waals surface area contributed by atoms with Gasteiger partial charge in [0.15, 0.2) is 0 Å². The molecule has 0 spiro atoms. The number of rotatable bonds is 8. The third-order valence-electron chi connectivity index (χ3n) is 4.91. The van der Waals surface area contributed by atoms with Crippen LogP contribution in [0.25, 0.3) is 0 Å². The molecule has 0 radical (unpaired) electrons. The van der Waals surface area contributed by atoms with Crippen LogP contribution in [0, 0.1) is 13.8 Å². The van der Waals surface area contributed by atoms with Crippen molar-refractivity contribution < 1.29 is 9.59 Å². The Bertz CT molecular complexity index is 818. The molecule has 0 aliphatic rings. The lowest BCUT2D eigenvalue weighted by Gasteiger charge is -2.29. The number of nitrogens with one attached hydrogen (secondary N) is 1. The molecule has 28 heavy (non-hydrogen) atoms. The number of hydrogen-bond acceptors (Lipinski definition) is 2. The maximum atomic E-state index is 13.1. The van der Waals surface area contributed by atoms with E-state index < -0.39 is 6.04 Å². The van der Waals surface area contributed by atoms with E-state index in [1.165, 1.54) is 5.56 Å². The summed E-state index contributed by atoms with van der Waals surface area (Å²) in [5.74, 6) is -0.207. The lowest BCUT2D eigenvalue weighted by atomic mass is 10.0. The van der Waals surface area contributed by atoms with Crippen LogP contribution in [0.3, 0.4) is 0 Å². The molecular weight excluding hydrogens is 372 g/mol. The van der Waals surface area contributed by atoms with Crippen LogP contribution < -0.4 is 5.32 Å². The van der Waals surface area contributed by atoms with Crippen molar-refractivity contribution in [3.05, 3.63) is 69.7 Å². The lowest BCUT2D eigenvalue weighted by Crippen LogP contribution is -2.48. The molecule has 150 valence electrons. The van der Waals surface area contributed by atoms with Gasteiger partial charge in [-0.25, -0.2) is 0 Å². The number of aryl methyl sites for hydroxylation is 2. The van der Waals surface area contributed by atoms with E-state index in [1.807, 2.05) is 51.1 Å². The molecule has 0 saturated carbocycles. The van der Waals surface area contributed by atoms with Crippen LogP contribution >= 0.6 is 11.6 Å². The number of halogens is 1. The molecule has 1 N–H and O–H groups in total. The highest BCUT2D eigenvalue weighted by Gasteiger charge is 2.26. The van der Waals surface area contributed by atoms with Crippen LogP contribution in [0.5, 0.6) is 0 Å². The summed E-state index contributed by atoms with van der Waals surface area (Å²) in [4.78, 5) is 27.3. The minimum atomic E-state index is -0.554. The predicted octanol–water partition coefficient (Wildman–Crippen LogP) is 4.44. The van der Waals surface area contributed by atoms with Crippen molar-refractivity contribution in [1.29, 1.82) is 0 Å². The average Bonchev–Trinajstić information content (AvgIpc) is 2.67. The first-order valence-electron chi connectivity index (χ1n) is 9.69. The van der Waals surface area contributed by atoms with Crippen molar-refractivity contribution in [3.8, 4) is 0 Å². The van der Waals surface area contributed by atoms with Crippen molar-refractivity contribution in [2.75, 3.05) is 6.54 Å². The lowest BCUT2D eigenvalue weighted by molar-refractivity contribution is -0.140. The van der Waals surface area contributed by atoms with E-state index in [-0.39, 0.29) is 18.2 Å². The molecule has 5 heteroatoms. The van der Waals surface area contributed by atoms with Gasteiger partial charge in [0.25, 0.3) is 0 Å². The fraction of sp³-hybridized carbons (Fsp3) is 0.391. The Morgan fingerprint density at radius 3 is 2.29 bits per heavy atom. The quantitative estimate of drug-likeness (QED) is 0.711. The summed E-state index contributed by atoms with van der Waals surface area (Å²) in [6, 6.07) is 12.8. The van der Waals surface area contributed by atoms with Gasteiger partial charge in [0, 0.05) is 18.1 Å². The molecule has 0 saturated heterocycles. The average molecular weight is 401 g/mol. The summed E-state index contributed by atoms with van der Waals surface area (Å²) in [6.45, 7) is 8.83. The highest BCUT2D eigenvalue weighted by Crippen LogP contribution is 2.16. The summed E-state index contributed by atoms with van der Waals surface area (Å²) in [6.07, 6.45) is 1.12. The molecule has 2 aromatic carbocycles. The van der Waals surface area contributed by atoms with Gasteiger partial charge in [0.05, 0.1) is 6.42 Å². The third kappa shape index (κ3) is 6.10. The van der Waals surface area contributed by atoms with Crippen molar-refractivity contribution in [1.82, 2.24) is 10.2 Å². The van der Waals surface area contributed by atoms with Crippen molar-refractivity contribution >= 4 is 23.4 Å². The van der Waals surface area contributed by atoms with E-state index in [0.717, 1.165) is 23.1 Å². The third-order valence-corrected chi connectivity index (χ3v) is 5.16. The Morgan fingerprint density at radius 1 is 1.04 bits per heavy atom. The second-order valence-corrected chi connectivity index (χ2v) is 7.65. The normalized spacial score (nSPS) is 11.8. The molecule has 1 atom stereocenters. The molecule has 0 fully saturated rings. The number of nitrogens with zero attached hydrogens (tertiary/aromatic N) is 1. The van der Waals surface area contributed by atoms with E-state index in [9.17, 15) is 9.59 Å². The highest BCUT2D eigenvalue weighted by atomic mass is 35.5. The predicted molar refractivity (Wildman–Crippen MR) is 114 cm³/mol. The largest absolute Gasteiger partial charge is 0.354 e. The summed E-state index contributed by atoms with van der Waals surface area (Å²) in [5.41, 5.74) is 4.24. The van der Waals surface area contributed by atoms with Gasteiger partial charge in [-0.05, 0) is 61.6 Å². The zero-order chi connectivity index (χ0) is 20.7. The smallest absolute Gasteiger partial charge is 0.242 e. The van der Waals surface area contributed by atoms with Crippen molar-refractivity contribution in [2.45, 2.75) is 53.1 Å². The molecule has 0 bridgehead atoms. The second kappa shape index (κ2) is 10.3. The summed E-state index contributed by atoms with van der Waals surface area (Å²) < 4.78 is 0. The number of hydrogen-bond donors (Lipinski definition) is 1. The summed E-state index contributed by atoms with van der Waals surface area (Å²) in [5, 5.41) is 3.53. The van der Waals surface area contributed by atoms with E-state index in [1.54, 1.807) is 24.0 Å². The first kappa shape index (κ1) is 22.0. The SMILES string of the molecule is CCCNC(=O)[C@H](C)N(Cc1ccc(Cl)cc1)C(=O)Cc1ccc(C)c(C)c1. The fourth-order valence-corrected chi connectivity index (χ4v) is 3.08. The number of amides is 2. The van der Waals surface area contributed by atoms with E-state index in [0.29, 0.717) is 18.1 Å². The molecule has 0 heterocycles. The molecule has 2 aromatic rings. The van der Waals surface area contributed by atoms with Crippen LogP contribution in [0.2, 0.25) is 5.02 Å². The summed E-state index contributed by atoms with van der Waals surface area (Å²) >= 11 is 5.97. The standard InChI is InChI=1S/C23H29ClN2O2/c1-5-12-25-23(28)18(4)26(15-19-8-10-21(24)11-9-19)22(27)14-20-7-6-16(2)17(3)13-20/h6-11,13,18H,5,12,14-15H2,1-4H3,(H,25,28)/t18-/m0/s1. The van der Waals surface area contributed by atoms with Crippen LogP contribution in [-0.4, -0.2) is 29.3 Å². The maximum absolute atomic E-state index is 13.1.